The van der Waals surface area contributed by atoms with Crippen LogP contribution in [0.5, 0.6) is 0 Å². The summed E-state index contributed by atoms with van der Waals surface area (Å²) in [6.45, 7) is 0. The first kappa shape index (κ1) is 11.7. The first-order chi connectivity index (χ1) is 10.2. The molecule has 21 heavy (non-hydrogen) atoms. The quantitative estimate of drug-likeness (QED) is 0.725. The molecule has 6 heteroatoms. The zero-order valence-electron chi connectivity index (χ0n) is 10.7. The van der Waals surface area contributed by atoms with Gasteiger partial charge in [-0.15, -0.1) is 0 Å². The molecule has 102 valence electrons. The van der Waals surface area contributed by atoms with Crippen LogP contribution in [0.4, 0.5) is 5.69 Å². The fraction of sp³-hybridized carbons (Fsp3) is 0. The molecule has 1 aliphatic heterocycles. The molecule has 6 nitrogen and oxygen atoms in total. The van der Waals surface area contributed by atoms with E-state index in [0.29, 0.717) is 11.3 Å². The van der Waals surface area contributed by atoms with E-state index in [9.17, 15) is 14.4 Å². The lowest BCUT2D eigenvalue weighted by Gasteiger charge is -2.18. The fourth-order valence-corrected chi connectivity index (χ4v) is 2.68. The van der Waals surface area contributed by atoms with E-state index in [2.05, 4.69) is 4.98 Å². The molecule has 0 radical (unpaired) electrons. The Kier molecular flexibility index (Phi) is 2.18. The van der Waals surface area contributed by atoms with Gasteiger partial charge < -0.3 is 0 Å². The van der Waals surface area contributed by atoms with E-state index in [1.54, 1.807) is 18.2 Å². The van der Waals surface area contributed by atoms with Crippen LogP contribution < -0.4 is 16.3 Å². The highest BCUT2D eigenvalue weighted by Crippen LogP contribution is 2.36. The smallest absolute Gasteiger partial charge is 0.273 e. The van der Waals surface area contributed by atoms with Crippen LogP contribution in [0.25, 0.3) is 10.8 Å². The maximum Gasteiger partial charge on any atom is 0.347 e. The molecule has 4 rings (SSSR count). The van der Waals surface area contributed by atoms with Gasteiger partial charge in [0.2, 0.25) is 0 Å². The number of hydrogen-bond donors (Lipinski definition) is 1. The van der Waals surface area contributed by atoms with Crippen LogP contribution in [0.1, 0.15) is 10.4 Å². The van der Waals surface area contributed by atoms with Crippen LogP contribution in [-0.4, -0.2) is 15.6 Å². The Morgan fingerprint density at radius 2 is 1.67 bits per heavy atom. The van der Waals surface area contributed by atoms with Gasteiger partial charge in [-0.25, -0.2) is 14.5 Å². The largest absolute Gasteiger partial charge is 0.347 e. The van der Waals surface area contributed by atoms with E-state index in [1.165, 1.54) is 17.3 Å². The molecule has 2 aromatic carbocycles. The minimum atomic E-state index is -0.652. The molecule has 0 unspecified atom stereocenters. The predicted octanol–water partition coefficient (Wildman–Crippen LogP) is 1.11. The topological polar surface area (TPSA) is 75.2 Å². The molecule has 0 atom stereocenters. The van der Waals surface area contributed by atoms with Crippen LogP contribution in [-0.2, 0) is 0 Å². The van der Waals surface area contributed by atoms with Gasteiger partial charge in [0.05, 0.1) is 11.3 Å². The molecule has 2 heterocycles. The second-order valence-corrected chi connectivity index (χ2v) is 4.75. The SMILES string of the molecule is O=C1c2cccc3cccc(c23)N1n1ccc(=O)[nH]c1=O. The minimum absolute atomic E-state index is 0.295. The summed E-state index contributed by atoms with van der Waals surface area (Å²) < 4.78 is 1.11. The summed E-state index contributed by atoms with van der Waals surface area (Å²) in [4.78, 5) is 37.9. The summed E-state index contributed by atoms with van der Waals surface area (Å²) in [5, 5.41) is 3.01. The lowest BCUT2D eigenvalue weighted by atomic mass is 10.1. The van der Waals surface area contributed by atoms with Gasteiger partial charge in [0.25, 0.3) is 11.5 Å². The van der Waals surface area contributed by atoms with Crippen LogP contribution >= 0.6 is 0 Å². The Labute approximate surface area is 117 Å². The molecule has 1 amide bonds. The lowest BCUT2D eigenvalue weighted by Crippen LogP contribution is -2.43. The molecule has 0 saturated carbocycles. The van der Waals surface area contributed by atoms with Crippen molar-refractivity contribution in [2.45, 2.75) is 0 Å². The number of hydrogen-bond acceptors (Lipinski definition) is 3. The number of nitrogens with one attached hydrogen (secondary N) is 1. The normalized spacial score (nSPS) is 13.1. The van der Waals surface area contributed by atoms with Crippen molar-refractivity contribution in [1.29, 1.82) is 0 Å². The first-order valence-electron chi connectivity index (χ1n) is 6.35. The Balaban J connectivity index is 2.06. The number of aromatic amines is 1. The van der Waals surface area contributed by atoms with E-state index in [1.807, 2.05) is 18.2 Å². The molecule has 3 aromatic rings. The molecule has 1 N–H and O–H groups in total. The van der Waals surface area contributed by atoms with Crippen molar-refractivity contribution in [3.8, 4) is 0 Å². The Hall–Kier alpha value is -3.15. The van der Waals surface area contributed by atoms with Crippen molar-refractivity contribution < 1.29 is 4.79 Å². The minimum Gasteiger partial charge on any atom is -0.273 e. The number of amides is 1. The molecule has 0 saturated heterocycles. The molecular formula is C15H9N3O3. The van der Waals surface area contributed by atoms with E-state index in [-0.39, 0.29) is 5.91 Å². The van der Waals surface area contributed by atoms with Gasteiger partial charge in [0, 0.05) is 17.6 Å². The molecular weight excluding hydrogens is 270 g/mol. The third-order valence-corrected chi connectivity index (χ3v) is 3.55. The molecule has 0 bridgehead atoms. The third kappa shape index (κ3) is 1.50. The zero-order valence-corrected chi connectivity index (χ0v) is 10.7. The van der Waals surface area contributed by atoms with E-state index < -0.39 is 11.2 Å². The van der Waals surface area contributed by atoms with Crippen molar-refractivity contribution in [1.82, 2.24) is 9.66 Å². The molecule has 0 aliphatic carbocycles. The van der Waals surface area contributed by atoms with Crippen LogP contribution in [0, 0.1) is 0 Å². The third-order valence-electron chi connectivity index (χ3n) is 3.55. The Bertz CT molecular complexity index is 1010. The van der Waals surface area contributed by atoms with Crippen LogP contribution in [0.15, 0.2) is 58.3 Å². The molecule has 1 aromatic heterocycles. The van der Waals surface area contributed by atoms with Gasteiger partial charge in [-0.1, -0.05) is 24.3 Å². The van der Waals surface area contributed by atoms with Gasteiger partial charge in [0.1, 0.15) is 0 Å². The van der Waals surface area contributed by atoms with Crippen molar-refractivity contribution >= 4 is 22.4 Å². The number of H-pyrrole nitrogens is 1. The van der Waals surface area contributed by atoms with Crippen molar-refractivity contribution in [3.05, 3.63) is 75.1 Å². The van der Waals surface area contributed by atoms with Gasteiger partial charge in [-0.3, -0.25) is 14.6 Å². The summed E-state index contributed by atoms with van der Waals surface area (Å²) in [7, 11) is 0. The average molecular weight is 279 g/mol. The summed E-state index contributed by atoms with van der Waals surface area (Å²) in [6.07, 6.45) is 1.30. The number of nitrogens with zero attached hydrogens (tertiary/aromatic N) is 2. The predicted molar refractivity (Wildman–Crippen MR) is 77.5 cm³/mol. The summed E-state index contributed by atoms with van der Waals surface area (Å²) in [5.41, 5.74) is 0.0164. The number of aromatic nitrogens is 2. The summed E-state index contributed by atoms with van der Waals surface area (Å²) >= 11 is 0. The van der Waals surface area contributed by atoms with Gasteiger partial charge in [0.15, 0.2) is 0 Å². The van der Waals surface area contributed by atoms with E-state index in [0.717, 1.165) is 15.4 Å². The van der Waals surface area contributed by atoms with Gasteiger partial charge in [-0.05, 0) is 17.5 Å². The number of anilines is 1. The highest BCUT2D eigenvalue weighted by atomic mass is 16.2. The average Bonchev–Trinajstić information content (AvgIpc) is 2.75. The fourth-order valence-electron chi connectivity index (χ4n) is 2.68. The standard InChI is InChI=1S/C15H9N3O3/c19-12-7-8-17(15(21)16-12)18-11-6-2-4-9-3-1-5-10(13(9)11)14(18)20/h1-8H,(H,16,19,21). The van der Waals surface area contributed by atoms with Crippen molar-refractivity contribution in [2.75, 3.05) is 5.01 Å². The highest BCUT2D eigenvalue weighted by molar-refractivity contribution is 6.24. The molecule has 0 spiro atoms. The van der Waals surface area contributed by atoms with Crippen molar-refractivity contribution in [2.24, 2.45) is 0 Å². The number of benzene rings is 2. The number of carbonyl (C=O) groups excluding carboxylic acids is 1. The van der Waals surface area contributed by atoms with Gasteiger partial charge >= 0.3 is 5.69 Å². The van der Waals surface area contributed by atoms with Gasteiger partial charge in [-0.2, -0.15) is 0 Å². The second kappa shape index (κ2) is 3.92. The summed E-state index contributed by atoms with van der Waals surface area (Å²) in [5.74, 6) is -0.295. The van der Waals surface area contributed by atoms with E-state index >= 15 is 0 Å². The monoisotopic (exact) mass is 279 g/mol. The van der Waals surface area contributed by atoms with Crippen LogP contribution in [0.3, 0.4) is 0 Å². The number of rotatable bonds is 1. The Morgan fingerprint density at radius 3 is 2.43 bits per heavy atom. The lowest BCUT2D eigenvalue weighted by molar-refractivity contribution is 0.0981. The first-order valence-corrected chi connectivity index (χ1v) is 6.35. The van der Waals surface area contributed by atoms with Crippen molar-refractivity contribution in [3.63, 3.8) is 0 Å². The zero-order chi connectivity index (χ0) is 14.6. The van der Waals surface area contributed by atoms with E-state index in [4.69, 9.17) is 0 Å². The van der Waals surface area contributed by atoms with Crippen LogP contribution in [0.2, 0.25) is 0 Å². The second-order valence-electron chi connectivity index (χ2n) is 4.75. The molecule has 0 fully saturated rings. The maximum atomic E-state index is 12.6. The highest BCUT2D eigenvalue weighted by Gasteiger charge is 2.31. The Morgan fingerprint density at radius 1 is 0.905 bits per heavy atom. The maximum absolute atomic E-state index is 12.6. The molecule has 1 aliphatic rings. The number of carbonyl (C=O) groups is 1. The summed E-state index contributed by atoms with van der Waals surface area (Å²) in [6, 6.07) is 12.2.